The maximum Gasteiger partial charge on any atom is 0.472 e. The van der Waals surface area contributed by atoms with Crippen LogP contribution in [0.5, 0.6) is 0 Å². The molecule has 16 heteroatoms. The van der Waals surface area contributed by atoms with Crippen molar-refractivity contribution in [2.75, 3.05) is 33.4 Å². The third kappa shape index (κ3) is 30.6. The molecule has 1 fully saturated rings. The van der Waals surface area contributed by atoms with Gasteiger partial charge in [0.15, 0.2) is 6.29 Å². The molecule has 0 aromatic rings. The largest absolute Gasteiger partial charge is 0.472 e. The summed E-state index contributed by atoms with van der Waals surface area (Å²) in [6, 6.07) is -1.25. The SMILES string of the molecule is CCCCCCCCCCCCCCCCCCCC[C@@H](O)C(=O)N[C@@H](CO[C@@H]1O[C@H](COP(=O)(O)OCCNC)[C@@H](O)[C@H](O)[C@H]1O)[C@H](O)[C@H](O)CCCCCCCCCCC(C)C. The summed E-state index contributed by atoms with van der Waals surface area (Å²) in [6.45, 7) is 5.65. The van der Waals surface area contributed by atoms with E-state index < -0.39 is 82.0 Å². The number of phosphoric ester groups is 1. The van der Waals surface area contributed by atoms with Gasteiger partial charge in [-0.1, -0.05) is 194 Å². The summed E-state index contributed by atoms with van der Waals surface area (Å²) in [6.07, 6.45) is 19.9. The van der Waals surface area contributed by atoms with Gasteiger partial charge in [0.2, 0.25) is 5.91 Å². The first kappa shape index (κ1) is 61.2. The number of carbonyl (C=O) groups is 1. The van der Waals surface area contributed by atoms with Gasteiger partial charge in [0.05, 0.1) is 32.0 Å². The number of unbranched alkanes of at least 4 members (excludes halogenated alkanes) is 24. The van der Waals surface area contributed by atoms with Crippen LogP contribution in [0.2, 0.25) is 0 Å². The lowest BCUT2D eigenvalue weighted by atomic mass is 9.98. The molecule has 0 spiro atoms. The monoisotopic (exact) mass is 941 g/mol. The summed E-state index contributed by atoms with van der Waals surface area (Å²) in [5, 5.41) is 70.3. The molecule has 1 saturated heterocycles. The van der Waals surface area contributed by atoms with E-state index in [2.05, 4.69) is 31.4 Å². The van der Waals surface area contributed by atoms with E-state index in [-0.39, 0.29) is 26.0 Å². The number of aliphatic hydroxyl groups is 6. The van der Waals surface area contributed by atoms with E-state index >= 15 is 0 Å². The molecule has 0 bridgehead atoms. The molecule has 1 heterocycles. The summed E-state index contributed by atoms with van der Waals surface area (Å²) >= 11 is 0. The van der Waals surface area contributed by atoms with Gasteiger partial charge in [-0.3, -0.25) is 13.8 Å². The lowest BCUT2D eigenvalue weighted by Gasteiger charge is -2.41. The van der Waals surface area contributed by atoms with Crippen LogP contribution in [0.15, 0.2) is 0 Å². The van der Waals surface area contributed by atoms with E-state index in [1.807, 2.05) is 0 Å². The van der Waals surface area contributed by atoms with Gasteiger partial charge in [0.25, 0.3) is 0 Å². The highest BCUT2D eigenvalue weighted by atomic mass is 31.2. The number of nitrogens with one attached hydrogen (secondary N) is 2. The number of hydrogen-bond acceptors (Lipinski definition) is 13. The zero-order valence-electron chi connectivity index (χ0n) is 40.6. The van der Waals surface area contributed by atoms with Gasteiger partial charge in [-0.15, -0.1) is 0 Å². The molecule has 64 heavy (non-hydrogen) atoms. The predicted molar refractivity (Wildman–Crippen MR) is 253 cm³/mol. The fraction of sp³-hybridized carbons (Fsp3) is 0.979. The smallest absolute Gasteiger partial charge is 0.390 e. The van der Waals surface area contributed by atoms with E-state index in [4.69, 9.17) is 18.5 Å². The molecule has 1 unspecified atom stereocenters. The quantitative estimate of drug-likeness (QED) is 0.0210. The fourth-order valence-electron chi connectivity index (χ4n) is 8.14. The third-order valence-electron chi connectivity index (χ3n) is 12.4. The Hall–Kier alpha value is -0.780. The first-order valence-corrected chi connectivity index (χ1v) is 27.2. The number of aliphatic hydroxyl groups excluding tert-OH is 6. The number of likely N-dealkylation sites (N-methyl/N-ethyl adjacent to an activating group) is 1. The molecular weight excluding hydrogens is 844 g/mol. The Morgan fingerprint density at radius 1 is 0.641 bits per heavy atom. The molecule has 0 aliphatic carbocycles. The standard InChI is InChI=1S/C48H97N2O13P/c1-5-6-7-8-9-10-11-12-13-14-15-16-17-18-19-24-27-30-33-41(52)47(57)50-39(43(53)40(51)32-29-26-23-21-20-22-25-28-31-38(2)3)36-60-48-46(56)45(55)44(54)42(63-48)37-62-64(58,59)61-35-34-49-4/h38-46,48-49,51-56H,5-37H2,1-4H3,(H,50,57)(H,58,59)/t39-,40+,41+,42+,43-,44+,45-,46+,48+/m0/s1. The molecule has 0 radical (unpaired) electrons. The van der Waals surface area contributed by atoms with Gasteiger partial charge in [-0.2, -0.15) is 0 Å². The van der Waals surface area contributed by atoms with Gasteiger partial charge in [-0.25, -0.2) is 4.57 Å². The Morgan fingerprint density at radius 3 is 1.56 bits per heavy atom. The van der Waals surface area contributed by atoms with Crippen LogP contribution in [-0.2, 0) is 27.9 Å². The van der Waals surface area contributed by atoms with Crippen molar-refractivity contribution in [3.8, 4) is 0 Å². The average Bonchev–Trinajstić information content (AvgIpc) is 3.26. The van der Waals surface area contributed by atoms with Crippen molar-refractivity contribution in [1.82, 2.24) is 10.6 Å². The summed E-state index contributed by atoms with van der Waals surface area (Å²) in [5.41, 5.74) is 0. The zero-order valence-corrected chi connectivity index (χ0v) is 41.5. The first-order valence-electron chi connectivity index (χ1n) is 25.7. The van der Waals surface area contributed by atoms with Gasteiger partial charge in [-0.05, 0) is 25.8 Å². The molecule has 1 amide bonds. The van der Waals surface area contributed by atoms with Crippen LogP contribution < -0.4 is 10.6 Å². The number of phosphoric acid groups is 1. The molecule has 1 aliphatic heterocycles. The number of carbonyl (C=O) groups excluding carboxylic acids is 1. The molecule has 10 atom stereocenters. The fourth-order valence-corrected chi connectivity index (χ4v) is 8.87. The lowest BCUT2D eigenvalue weighted by Crippen LogP contribution is -2.60. The van der Waals surface area contributed by atoms with E-state index in [9.17, 15) is 44.9 Å². The normalized spacial score (nSPS) is 22.0. The Balaban J connectivity index is 2.62. The van der Waals surface area contributed by atoms with E-state index in [0.717, 1.165) is 50.9 Å². The summed E-state index contributed by atoms with van der Waals surface area (Å²) in [5.74, 6) is -0.0188. The minimum Gasteiger partial charge on any atom is -0.390 e. The molecule has 1 aliphatic rings. The van der Waals surface area contributed by atoms with Crippen molar-refractivity contribution < 1.29 is 63.4 Å². The highest BCUT2D eigenvalue weighted by molar-refractivity contribution is 7.47. The number of ether oxygens (including phenoxy) is 2. The van der Waals surface area contributed by atoms with Gasteiger partial charge < -0.3 is 55.6 Å². The summed E-state index contributed by atoms with van der Waals surface area (Å²) in [7, 11) is -2.92. The number of amides is 1. The van der Waals surface area contributed by atoms with Gasteiger partial charge in [0.1, 0.15) is 36.6 Å². The Morgan fingerprint density at radius 2 is 1.09 bits per heavy atom. The van der Waals surface area contributed by atoms with Crippen LogP contribution in [0.3, 0.4) is 0 Å². The van der Waals surface area contributed by atoms with Crippen LogP contribution >= 0.6 is 7.82 Å². The van der Waals surface area contributed by atoms with Gasteiger partial charge in [0, 0.05) is 6.54 Å². The molecule has 382 valence electrons. The van der Waals surface area contributed by atoms with Crippen molar-refractivity contribution in [3.05, 3.63) is 0 Å². The number of rotatable bonds is 44. The second-order valence-electron chi connectivity index (χ2n) is 18.8. The zero-order chi connectivity index (χ0) is 47.4. The third-order valence-corrected chi connectivity index (χ3v) is 13.4. The molecule has 1 rings (SSSR count). The van der Waals surface area contributed by atoms with Crippen LogP contribution in [0.1, 0.15) is 207 Å². The lowest BCUT2D eigenvalue weighted by molar-refractivity contribution is -0.302. The van der Waals surface area contributed by atoms with Crippen LogP contribution in [-0.4, -0.2) is 130 Å². The topological polar surface area (TPSA) is 237 Å². The van der Waals surface area contributed by atoms with E-state index in [1.54, 1.807) is 7.05 Å². The van der Waals surface area contributed by atoms with Crippen molar-refractivity contribution in [3.63, 3.8) is 0 Å². The second kappa shape index (κ2) is 39.1. The highest BCUT2D eigenvalue weighted by Crippen LogP contribution is 2.43. The minimum absolute atomic E-state index is 0.139. The van der Waals surface area contributed by atoms with Gasteiger partial charge >= 0.3 is 7.82 Å². The maximum atomic E-state index is 13.2. The Bertz CT molecular complexity index is 1140. The predicted octanol–water partition coefficient (Wildman–Crippen LogP) is 7.72. The second-order valence-corrected chi connectivity index (χ2v) is 20.3. The number of hydrogen-bond donors (Lipinski definition) is 9. The molecular formula is C48H97N2O13P. The summed E-state index contributed by atoms with van der Waals surface area (Å²) in [4.78, 5) is 23.2. The van der Waals surface area contributed by atoms with Crippen LogP contribution in [0.25, 0.3) is 0 Å². The van der Waals surface area contributed by atoms with Crippen molar-refractivity contribution in [1.29, 1.82) is 0 Å². The van der Waals surface area contributed by atoms with Crippen molar-refractivity contribution >= 4 is 13.7 Å². The summed E-state index contributed by atoms with van der Waals surface area (Å²) < 4.78 is 33.4. The molecule has 0 aromatic heterocycles. The minimum atomic E-state index is -4.55. The van der Waals surface area contributed by atoms with E-state index in [1.165, 1.54) is 116 Å². The maximum absolute atomic E-state index is 13.2. The highest BCUT2D eigenvalue weighted by Gasteiger charge is 2.46. The average molecular weight is 941 g/mol. The van der Waals surface area contributed by atoms with Crippen molar-refractivity contribution in [2.24, 2.45) is 5.92 Å². The molecule has 9 N–H and O–H groups in total. The molecule has 15 nitrogen and oxygen atoms in total. The van der Waals surface area contributed by atoms with Crippen LogP contribution in [0.4, 0.5) is 0 Å². The molecule has 0 aromatic carbocycles. The molecule has 0 saturated carbocycles. The van der Waals surface area contributed by atoms with Crippen molar-refractivity contribution in [2.45, 2.75) is 262 Å². The Labute approximate surface area is 388 Å². The van der Waals surface area contributed by atoms with E-state index in [0.29, 0.717) is 12.8 Å². The Kier molecular flexibility index (Phi) is 37.4. The van der Waals surface area contributed by atoms with Crippen LogP contribution in [0, 0.1) is 5.92 Å². The first-order chi connectivity index (χ1) is 30.7.